The molecule has 3 heterocycles. The standard InChI is InChI=1S/C31H24BrN5O3/c1-36-29-24(30(39)37(2)31(36)40)20(16-11-13-17(32)14-12-16)15-23(35-29)25-27-26(18-7-3-4-8-19(18)28(25)38)33-21-9-5-6-10-22(21)34-27/h3-14,20,23,35,38H,15H2,1-2H3. The number of aromatic nitrogens is 4. The van der Waals surface area contributed by atoms with E-state index in [-0.39, 0.29) is 17.2 Å². The first kappa shape index (κ1) is 24.5. The van der Waals surface area contributed by atoms with E-state index in [9.17, 15) is 14.7 Å². The fourth-order valence-electron chi connectivity index (χ4n) is 5.98. The van der Waals surface area contributed by atoms with E-state index in [4.69, 9.17) is 9.97 Å². The van der Waals surface area contributed by atoms with Crippen molar-refractivity contribution in [3.8, 4) is 5.75 Å². The number of phenolic OH excluding ortho intramolecular Hbond substituents is 1. The van der Waals surface area contributed by atoms with Gasteiger partial charge in [0.25, 0.3) is 5.56 Å². The Morgan fingerprint density at radius 2 is 1.45 bits per heavy atom. The van der Waals surface area contributed by atoms with Crippen LogP contribution in [0.3, 0.4) is 0 Å². The quantitative estimate of drug-likeness (QED) is 0.203. The Morgan fingerprint density at radius 3 is 2.15 bits per heavy atom. The number of phenols is 1. The molecule has 198 valence electrons. The molecule has 0 saturated heterocycles. The number of halogens is 1. The van der Waals surface area contributed by atoms with Crippen LogP contribution in [0.25, 0.3) is 32.8 Å². The Hall–Kier alpha value is -4.50. The summed E-state index contributed by atoms with van der Waals surface area (Å²) in [4.78, 5) is 36.5. The van der Waals surface area contributed by atoms with Gasteiger partial charge in [-0.3, -0.25) is 13.9 Å². The third-order valence-corrected chi connectivity index (χ3v) is 8.50. The molecule has 0 fully saturated rings. The summed E-state index contributed by atoms with van der Waals surface area (Å²) >= 11 is 3.50. The van der Waals surface area contributed by atoms with E-state index in [0.717, 1.165) is 25.5 Å². The van der Waals surface area contributed by atoms with Crippen LogP contribution in [0, 0.1) is 0 Å². The van der Waals surface area contributed by atoms with Crippen molar-refractivity contribution >= 4 is 54.6 Å². The second-order valence-corrected chi connectivity index (χ2v) is 11.1. The Kier molecular flexibility index (Phi) is 5.54. The minimum Gasteiger partial charge on any atom is -0.507 e. The molecule has 0 spiro atoms. The summed E-state index contributed by atoms with van der Waals surface area (Å²) < 4.78 is 3.54. The Bertz CT molecular complexity index is 2120. The summed E-state index contributed by atoms with van der Waals surface area (Å²) in [7, 11) is 3.15. The number of nitrogens with zero attached hydrogens (tertiary/aromatic N) is 4. The zero-order valence-electron chi connectivity index (χ0n) is 21.7. The highest BCUT2D eigenvalue weighted by Gasteiger charge is 2.36. The zero-order valence-corrected chi connectivity index (χ0v) is 23.3. The maximum atomic E-state index is 13.5. The van der Waals surface area contributed by atoms with E-state index in [1.54, 1.807) is 7.05 Å². The maximum absolute atomic E-state index is 13.5. The molecule has 0 radical (unpaired) electrons. The summed E-state index contributed by atoms with van der Waals surface area (Å²) in [5, 5.41) is 16.7. The minimum atomic E-state index is -0.471. The highest BCUT2D eigenvalue weighted by Crippen LogP contribution is 2.47. The van der Waals surface area contributed by atoms with E-state index < -0.39 is 11.7 Å². The van der Waals surface area contributed by atoms with Crippen LogP contribution in [-0.4, -0.2) is 24.2 Å². The molecule has 2 aromatic heterocycles. The third-order valence-electron chi connectivity index (χ3n) is 7.97. The van der Waals surface area contributed by atoms with Crippen molar-refractivity contribution in [2.45, 2.75) is 18.4 Å². The normalized spacial score (nSPS) is 16.8. The average Bonchev–Trinajstić information content (AvgIpc) is 2.98. The lowest BCUT2D eigenvalue weighted by atomic mass is 9.81. The molecule has 0 bridgehead atoms. The Morgan fingerprint density at radius 1 is 0.825 bits per heavy atom. The van der Waals surface area contributed by atoms with Crippen molar-refractivity contribution in [2.75, 3.05) is 5.32 Å². The van der Waals surface area contributed by atoms with Crippen LogP contribution in [0.15, 0.2) is 86.9 Å². The smallest absolute Gasteiger partial charge is 0.332 e. The molecular formula is C31H24BrN5O3. The summed E-state index contributed by atoms with van der Waals surface area (Å²) in [6.07, 6.45) is 0.456. The SMILES string of the molecule is Cn1c2c(c(=O)n(C)c1=O)C(c1ccc(Br)cc1)CC(c1c(O)c3ccccc3c3nc4ccccc4nc13)N2. The van der Waals surface area contributed by atoms with Crippen molar-refractivity contribution in [3.63, 3.8) is 0 Å². The molecular weight excluding hydrogens is 570 g/mol. The molecule has 6 aromatic rings. The zero-order chi connectivity index (χ0) is 27.7. The van der Waals surface area contributed by atoms with Crippen LogP contribution >= 0.6 is 15.9 Å². The van der Waals surface area contributed by atoms with Gasteiger partial charge in [0.2, 0.25) is 0 Å². The van der Waals surface area contributed by atoms with Gasteiger partial charge in [0.05, 0.1) is 33.7 Å². The predicted octanol–water partition coefficient (Wildman–Crippen LogP) is 5.49. The summed E-state index contributed by atoms with van der Waals surface area (Å²) in [5.41, 5.74) is 4.03. The van der Waals surface area contributed by atoms with Gasteiger partial charge in [0, 0.05) is 40.8 Å². The maximum Gasteiger partial charge on any atom is 0.332 e. The Balaban J connectivity index is 1.55. The first-order valence-electron chi connectivity index (χ1n) is 13.0. The van der Waals surface area contributed by atoms with Crippen molar-refractivity contribution in [3.05, 3.63) is 115 Å². The molecule has 1 aliphatic rings. The molecule has 2 N–H and O–H groups in total. The van der Waals surface area contributed by atoms with Crippen molar-refractivity contribution in [1.29, 1.82) is 0 Å². The second kappa shape index (κ2) is 9.02. The van der Waals surface area contributed by atoms with Gasteiger partial charge >= 0.3 is 5.69 Å². The number of fused-ring (bicyclic) bond motifs is 5. The number of nitrogens with one attached hydrogen (secondary N) is 1. The third kappa shape index (κ3) is 3.57. The molecule has 7 rings (SSSR count). The monoisotopic (exact) mass is 593 g/mol. The fourth-order valence-corrected chi connectivity index (χ4v) is 6.25. The van der Waals surface area contributed by atoms with Crippen LogP contribution in [0.4, 0.5) is 5.82 Å². The van der Waals surface area contributed by atoms with Gasteiger partial charge in [-0.05, 0) is 36.2 Å². The van der Waals surface area contributed by atoms with E-state index >= 15 is 0 Å². The van der Waals surface area contributed by atoms with Gasteiger partial charge in [0.15, 0.2) is 0 Å². The van der Waals surface area contributed by atoms with Gasteiger partial charge in [-0.25, -0.2) is 14.8 Å². The predicted molar refractivity (Wildman–Crippen MR) is 160 cm³/mol. The lowest BCUT2D eigenvalue weighted by Gasteiger charge is -2.35. The minimum absolute atomic E-state index is 0.108. The van der Waals surface area contributed by atoms with Crippen molar-refractivity contribution < 1.29 is 5.11 Å². The number of benzene rings is 4. The molecule has 2 atom stereocenters. The van der Waals surface area contributed by atoms with Crippen molar-refractivity contribution in [2.24, 2.45) is 14.1 Å². The van der Waals surface area contributed by atoms with E-state index in [2.05, 4.69) is 21.2 Å². The van der Waals surface area contributed by atoms with E-state index in [0.29, 0.717) is 45.3 Å². The van der Waals surface area contributed by atoms with Crippen LogP contribution in [-0.2, 0) is 14.1 Å². The second-order valence-electron chi connectivity index (χ2n) is 10.2. The van der Waals surface area contributed by atoms with Gasteiger partial charge < -0.3 is 10.4 Å². The number of para-hydroxylation sites is 2. The highest BCUT2D eigenvalue weighted by molar-refractivity contribution is 9.10. The molecule has 4 aromatic carbocycles. The molecule has 0 aliphatic carbocycles. The number of aromatic hydroxyl groups is 1. The van der Waals surface area contributed by atoms with Crippen molar-refractivity contribution in [1.82, 2.24) is 19.1 Å². The van der Waals surface area contributed by atoms with Crippen LogP contribution in [0.5, 0.6) is 5.75 Å². The molecule has 40 heavy (non-hydrogen) atoms. The number of hydrogen-bond donors (Lipinski definition) is 2. The molecule has 9 heteroatoms. The molecule has 0 saturated carbocycles. The Labute approximate surface area is 236 Å². The molecule has 0 amide bonds. The molecule has 1 aliphatic heterocycles. The number of rotatable bonds is 2. The fraction of sp³-hybridized carbons (Fsp3) is 0.161. The van der Waals surface area contributed by atoms with Crippen LogP contribution in [0.2, 0.25) is 0 Å². The molecule has 8 nitrogen and oxygen atoms in total. The van der Waals surface area contributed by atoms with Gasteiger partial charge in [-0.15, -0.1) is 0 Å². The summed E-state index contributed by atoms with van der Waals surface area (Å²) in [6.45, 7) is 0. The largest absolute Gasteiger partial charge is 0.507 e. The summed E-state index contributed by atoms with van der Waals surface area (Å²) in [5.74, 6) is 0.206. The van der Waals surface area contributed by atoms with E-state index in [1.165, 1.54) is 11.6 Å². The molecule has 2 unspecified atom stereocenters. The van der Waals surface area contributed by atoms with Crippen LogP contribution in [0.1, 0.15) is 35.1 Å². The number of anilines is 1. The highest BCUT2D eigenvalue weighted by atomic mass is 79.9. The number of hydrogen-bond acceptors (Lipinski definition) is 6. The lowest BCUT2D eigenvalue weighted by molar-refractivity contribution is 0.463. The first-order valence-corrected chi connectivity index (χ1v) is 13.7. The van der Waals surface area contributed by atoms with Gasteiger partial charge in [-0.2, -0.15) is 0 Å². The summed E-state index contributed by atoms with van der Waals surface area (Å²) in [6, 6.07) is 22.7. The van der Waals surface area contributed by atoms with Gasteiger partial charge in [0.1, 0.15) is 11.6 Å². The van der Waals surface area contributed by atoms with Crippen LogP contribution < -0.4 is 16.6 Å². The van der Waals surface area contributed by atoms with Gasteiger partial charge in [-0.1, -0.05) is 64.5 Å². The topological polar surface area (TPSA) is 102 Å². The average molecular weight is 594 g/mol. The first-order chi connectivity index (χ1) is 19.3. The van der Waals surface area contributed by atoms with E-state index in [1.807, 2.05) is 72.8 Å². The lowest BCUT2D eigenvalue weighted by Crippen LogP contribution is -2.43.